The van der Waals surface area contributed by atoms with Crippen molar-refractivity contribution < 1.29 is 14.0 Å². The Morgan fingerprint density at radius 1 is 1.37 bits per heavy atom. The third kappa shape index (κ3) is 4.31. The van der Waals surface area contributed by atoms with E-state index in [9.17, 15) is 14.0 Å². The summed E-state index contributed by atoms with van der Waals surface area (Å²) in [4.78, 5) is 25.0. The predicted molar refractivity (Wildman–Crippen MR) is 74.4 cm³/mol. The molecule has 6 heteroatoms. The summed E-state index contributed by atoms with van der Waals surface area (Å²) in [5.74, 6) is -1.09. The molecule has 0 atom stereocenters. The number of likely N-dealkylation sites (N-methyl/N-ethyl adjacent to an activating group) is 2. The number of benzene rings is 1. The van der Waals surface area contributed by atoms with Gasteiger partial charge in [0.05, 0.1) is 11.0 Å². The van der Waals surface area contributed by atoms with Gasteiger partial charge in [0.15, 0.2) is 0 Å². The van der Waals surface area contributed by atoms with Crippen molar-refractivity contribution in [1.29, 1.82) is 0 Å². The Bertz CT molecular complexity index is 480. The van der Waals surface area contributed by atoms with Crippen molar-refractivity contribution in [3.63, 3.8) is 0 Å². The minimum absolute atomic E-state index is 0.0269. The Kier molecular flexibility index (Phi) is 5.95. The lowest BCUT2D eigenvalue weighted by Crippen LogP contribution is -2.40. The normalized spacial score (nSPS) is 10.1. The number of nitrogens with zero attached hydrogens (tertiary/aromatic N) is 1. The molecule has 4 nitrogen and oxygen atoms in total. The Hall–Kier alpha value is -1.43. The van der Waals surface area contributed by atoms with Crippen LogP contribution in [0.2, 0.25) is 0 Å². The van der Waals surface area contributed by atoms with Gasteiger partial charge in [-0.05, 0) is 48.0 Å². The summed E-state index contributed by atoms with van der Waals surface area (Å²) >= 11 is 3.03. The molecule has 19 heavy (non-hydrogen) atoms. The third-order valence-corrected chi connectivity index (χ3v) is 3.19. The maximum atomic E-state index is 13.4. The van der Waals surface area contributed by atoms with E-state index in [0.29, 0.717) is 17.6 Å². The highest BCUT2D eigenvalue weighted by Gasteiger charge is 2.18. The number of nitrogens with one attached hydrogen (secondary N) is 1. The van der Waals surface area contributed by atoms with E-state index in [4.69, 9.17) is 0 Å². The van der Waals surface area contributed by atoms with E-state index < -0.39 is 5.82 Å². The molecule has 0 bridgehead atoms. The monoisotopic (exact) mass is 330 g/mol. The van der Waals surface area contributed by atoms with E-state index in [1.807, 2.05) is 0 Å². The van der Waals surface area contributed by atoms with Gasteiger partial charge in [-0.2, -0.15) is 0 Å². The van der Waals surface area contributed by atoms with Crippen LogP contribution in [0.5, 0.6) is 0 Å². The van der Waals surface area contributed by atoms with Gasteiger partial charge in [0.2, 0.25) is 5.91 Å². The largest absolute Gasteiger partial charge is 0.355 e. The molecule has 0 aliphatic carbocycles. The summed E-state index contributed by atoms with van der Waals surface area (Å²) in [6.07, 6.45) is 0. The van der Waals surface area contributed by atoms with E-state index >= 15 is 0 Å². The zero-order chi connectivity index (χ0) is 14.4. The van der Waals surface area contributed by atoms with Crippen LogP contribution in [0.25, 0.3) is 0 Å². The summed E-state index contributed by atoms with van der Waals surface area (Å²) in [5, 5.41) is 2.62. The molecule has 0 fully saturated rings. The van der Waals surface area contributed by atoms with Crippen LogP contribution in [0.1, 0.15) is 24.2 Å². The van der Waals surface area contributed by atoms with Crippen LogP contribution in [0.15, 0.2) is 22.7 Å². The number of carbonyl (C=O) groups is 2. The molecule has 0 spiro atoms. The smallest absolute Gasteiger partial charge is 0.254 e. The first-order valence-electron chi connectivity index (χ1n) is 6.00. The van der Waals surface area contributed by atoms with Crippen molar-refractivity contribution >= 4 is 27.7 Å². The van der Waals surface area contributed by atoms with E-state index in [2.05, 4.69) is 21.2 Å². The summed E-state index contributed by atoms with van der Waals surface area (Å²) in [6.45, 7) is 4.44. The van der Waals surface area contributed by atoms with Gasteiger partial charge in [-0.25, -0.2) is 4.39 Å². The molecule has 0 heterocycles. The molecule has 0 unspecified atom stereocenters. The molecule has 0 aliphatic rings. The number of rotatable bonds is 5. The van der Waals surface area contributed by atoms with E-state index in [1.54, 1.807) is 13.8 Å². The fourth-order valence-electron chi connectivity index (χ4n) is 1.57. The van der Waals surface area contributed by atoms with Gasteiger partial charge in [0.1, 0.15) is 5.82 Å². The van der Waals surface area contributed by atoms with Crippen LogP contribution < -0.4 is 5.32 Å². The Labute approximate surface area is 120 Å². The highest BCUT2D eigenvalue weighted by Crippen LogP contribution is 2.17. The number of carbonyl (C=O) groups excluding carboxylic acids is 2. The van der Waals surface area contributed by atoms with Crippen molar-refractivity contribution in [2.45, 2.75) is 13.8 Å². The summed E-state index contributed by atoms with van der Waals surface area (Å²) < 4.78 is 13.7. The van der Waals surface area contributed by atoms with Gasteiger partial charge >= 0.3 is 0 Å². The Morgan fingerprint density at radius 3 is 2.58 bits per heavy atom. The Balaban J connectivity index is 2.83. The fourth-order valence-corrected chi connectivity index (χ4v) is 1.81. The lowest BCUT2D eigenvalue weighted by Gasteiger charge is -2.20. The summed E-state index contributed by atoms with van der Waals surface area (Å²) in [5.41, 5.74) is 0.229. The quantitative estimate of drug-likeness (QED) is 0.899. The van der Waals surface area contributed by atoms with Crippen LogP contribution in [0.3, 0.4) is 0 Å². The molecule has 1 aromatic rings. The first-order chi connectivity index (χ1) is 8.99. The van der Waals surface area contributed by atoms with Crippen LogP contribution >= 0.6 is 15.9 Å². The first-order valence-corrected chi connectivity index (χ1v) is 6.79. The second-order valence-electron chi connectivity index (χ2n) is 3.90. The van der Waals surface area contributed by atoms with Crippen LogP contribution in [0, 0.1) is 5.82 Å². The lowest BCUT2D eigenvalue weighted by molar-refractivity contribution is -0.121. The van der Waals surface area contributed by atoms with Crippen LogP contribution in [-0.2, 0) is 4.79 Å². The van der Waals surface area contributed by atoms with Crippen molar-refractivity contribution in [3.8, 4) is 0 Å². The zero-order valence-electron chi connectivity index (χ0n) is 10.9. The molecule has 0 saturated heterocycles. The fraction of sp³-hybridized carbons (Fsp3) is 0.385. The molecular formula is C13H16BrFN2O2. The first kappa shape index (κ1) is 15.6. The van der Waals surface area contributed by atoms with Gasteiger partial charge in [-0.15, -0.1) is 0 Å². The van der Waals surface area contributed by atoms with Gasteiger partial charge in [0, 0.05) is 18.7 Å². The van der Waals surface area contributed by atoms with Gasteiger partial charge in [0.25, 0.3) is 5.91 Å². The van der Waals surface area contributed by atoms with E-state index in [1.165, 1.54) is 17.0 Å². The van der Waals surface area contributed by atoms with E-state index in [-0.39, 0.29) is 23.9 Å². The molecule has 104 valence electrons. The molecule has 2 amide bonds. The molecule has 1 rings (SSSR count). The van der Waals surface area contributed by atoms with Gasteiger partial charge in [-0.1, -0.05) is 0 Å². The minimum Gasteiger partial charge on any atom is -0.355 e. The maximum absolute atomic E-state index is 13.4. The number of hydrogen-bond acceptors (Lipinski definition) is 2. The average molecular weight is 331 g/mol. The van der Waals surface area contributed by atoms with E-state index in [0.717, 1.165) is 6.07 Å². The minimum atomic E-state index is -0.500. The van der Waals surface area contributed by atoms with Crippen molar-refractivity contribution in [1.82, 2.24) is 10.2 Å². The number of halogens is 2. The molecule has 1 N–H and O–H groups in total. The standard InChI is InChI=1S/C13H16BrFN2O2/c1-3-16-12(18)8-17(4-2)13(19)9-5-6-10(14)11(15)7-9/h5-7H,3-4,8H2,1-2H3,(H,16,18). The van der Waals surface area contributed by atoms with Crippen molar-refractivity contribution in [2.75, 3.05) is 19.6 Å². The third-order valence-electron chi connectivity index (χ3n) is 2.54. The van der Waals surface area contributed by atoms with Crippen molar-refractivity contribution in [3.05, 3.63) is 34.1 Å². The Morgan fingerprint density at radius 2 is 2.05 bits per heavy atom. The highest BCUT2D eigenvalue weighted by molar-refractivity contribution is 9.10. The molecule has 0 radical (unpaired) electrons. The maximum Gasteiger partial charge on any atom is 0.254 e. The van der Waals surface area contributed by atoms with Crippen LogP contribution in [0.4, 0.5) is 4.39 Å². The number of hydrogen-bond donors (Lipinski definition) is 1. The molecule has 1 aromatic carbocycles. The number of amides is 2. The summed E-state index contributed by atoms with van der Waals surface area (Å²) in [6, 6.07) is 4.16. The summed E-state index contributed by atoms with van der Waals surface area (Å²) in [7, 11) is 0. The molecule has 0 aliphatic heterocycles. The van der Waals surface area contributed by atoms with Gasteiger partial charge in [-0.3, -0.25) is 9.59 Å². The molecule has 0 aromatic heterocycles. The lowest BCUT2D eigenvalue weighted by atomic mass is 10.2. The molecule has 0 saturated carbocycles. The zero-order valence-corrected chi connectivity index (χ0v) is 12.5. The predicted octanol–water partition coefficient (Wildman–Crippen LogP) is 2.19. The topological polar surface area (TPSA) is 49.4 Å². The highest BCUT2D eigenvalue weighted by atomic mass is 79.9. The van der Waals surface area contributed by atoms with Crippen molar-refractivity contribution in [2.24, 2.45) is 0 Å². The second kappa shape index (κ2) is 7.23. The SMILES string of the molecule is CCNC(=O)CN(CC)C(=O)c1ccc(Br)c(F)c1. The molecular weight excluding hydrogens is 315 g/mol. The van der Waals surface area contributed by atoms with Crippen LogP contribution in [-0.4, -0.2) is 36.3 Å². The van der Waals surface area contributed by atoms with Gasteiger partial charge < -0.3 is 10.2 Å². The average Bonchev–Trinajstić information content (AvgIpc) is 2.38. The second-order valence-corrected chi connectivity index (χ2v) is 4.76.